The molecule has 356 valence electrons. The number of hydrogen-bond acceptors (Lipinski definition) is 23. The van der Waals surface area contributed by atoms with Gasteiger partial charge in [-0.05, 0) is 31.2 Å². The fourth-order valence-corrected chi connectivity index (χ4v) is 6.89. The number of benzene rings is 2. The second kappa shape index (κ2) is 21.8. The van der Waals surface area contributed by atoms with E-state index in [4.69, 9.17) is 66.3 Å². The zero-order valence-corrected chi connectivity index (χ0v) is 36.9. The van der Waals surface area contributed by atoms with Crippen LogP contribution in [0.3, 0.4) is 0 Å². The highest BCUT2D eigenvalue weighted by molar-refractivity contribution is 5.89. The molecule has 0 radical (unpaired) electrons. The Morgan fingerprint density at radius 1 is 0.530 bits per heavy atom. The molecule has 0 N–H and O–H groups in total. The van der Waals surface area contributed by atoms with Crippen LogP contribution in [0.2, 0.25) is 0 Å². The third-order valence-corrected chi connectivity index (χ3v) is 9.22. The van der Waals surface area contributed by atoms with Crippen LogP contribution in [0.1, 0.15) is 62.3 Å². The summed E-state index contributed by atoms with van der Waals surface area (Å²) in [5, 5.41) is -0.184. The van der Waals surface area contributed by atoms with Crippen molar-refractivity contribution < 1.29 is 105 Å². The fourth-order valence-electron chi connectivity index (χ4n) is 6.89. The Morgan fingerprint density at radius 2 is 1.06 bits per heavy atom. The second-order valence-electron chi connectivity index (χ2n) is 14.7. The molecular formula is C43H46O23. The Labute approximate surface area is 374 Å². The zero-order chi connectivity index (χ0) is 48.6. The maximum Gasteiger partial charge on any atom is 0.308 e. The molecule has 0 bridgehead atoms. The lowest BCUT2D eigenvalue weighted by Gasteiger charge is -2.45. The van der Waals surface area contributed by atoms with E-state index < -0.39 is 121 Å². The predicted octanol–water partition coefficient (Wildman–Crippen LogP) is 2.70. The molecule has 0 unspecified atom stereocenters. The first-order valence-electron chi connectivity index (χ1n) is 20.0. The number of fused-ring (bicyclic) bond motifs is 1. The van der Waals surface area contributed by atoms with Gasteiger partial charge in [0.05, 0.1) is 6.10 Å². The number of carbonyl (C=O) groups excluding carboxylic acids is 8. The van der Waals surface area contributed by atoms with Gasteiger partial charge in [-0.25, -0.2) is 4.89 Å². The van der Waals surface area contributed by atoms with Gasteiger partial charge in [0.1, 0.15) is 46.7 Å². The van der Waals surface area contributed by atoms with Crippen molar-refractivity contribution in [3.63, 3.8) is 0 Å². The Morgan fingerprint density at radius 3 is 1.61 bits per heavy atom. The Kier molecular flexibility index (Phi) is 16.5. The number of rotatable bonds is 15. The molecule has 5 rings (SSSR count). The summed E-state index contributed by atoms with van der Waals surface area (Å²) in [6.45, 7) is 9.32. The molecule has 23 nitrogen and oxygen atoms in total. The number of esters is 8. The van der Waals surface area contributed by atoms with Crippen LogP contribution in [0, 0.1) is 0 Å². The van der Waals surface area contributed by atoms with Crippen LogP contribution in [0.5, 0.6) is 17.2 Å². The van der Waals surface area contributed by atoms with E-state index in [-0.39, 0.29) is 34.0 Å². The molecule has 66 heavy (non-hydrogen) atoms. The predicted molar refractivity (Wildman–Crippen MR) is 215 cm³/mol. The van der Waals surface area contributed by atoms with Crippen molar-refractivity contribution in [2.45, 2.75) is 124 Å². The van der Waals surface area contributed by atoms with E-state index in [0.717, 1.165) is 60.6 Å². The Bertz CT molecular complexity index is 2390. The molecular weight excluding hydrogens is 884 g/mol. The maximum atomic E-state index is 13.6. The van der Waals surface area contributed by atoms with Crippen molar-refractivity contribution in [1.82, 2.24) is 0 Å². The van der Waals surface area contributed by atoms with E-state index in [1.807, 2.05) is 0 Å². The van der Waals surface area contributed by atoms with Gasteiger partial charge < -0.3 is 56.5 Å². The highest BCUT2D eigenvalue weighted by atomic mass is 17.2. The molecule has 0 amide bonds. The molecule has 2 aromatic carbocycles. The van der Waals surface area contributed by atoms with Crippen molar-refractivity contribution in [1.29, 1.82) is 0 Å². The molecule has 2 aliphatic rings. The van der Waals surface area contributed by atoms with E-state index in [0.29, 0.717) is 5.56 Å². The normalized spacial score (nSPS) is 24.7. The van der Waals surface area contributed by atoms with Crippen LogP contribution >= 0.6 is 0 Å². The van der Waals surface area contributed by atoms with Gasteiger partial charge in [0, 0.05) is 79.2 Å². The largest absolute Gasteiger partial charge is 0.463 e. The van der Waals surface area contributed by atoms with Crippen molar-refractivity contribution in [2.24, 2.45) is 0 Å². The van der Waals surface area contributed by atoms with Gasteiger partial charge in [-0.1, -0.05) is 0 Å². The van der Waals surface area contributed by atoms with Gasteiger partial charge in [-0.2, -0.15) is 4.89 Å². The highest BCUT2D eigenvalue weighted by Gasteiger charge is 2.56. The summed E-state index contributed by atoms with van der Waals surface area (Å²) in [7, 11) is 0. The van der Waals surface area contributed by atoms with Crippen LogP contribution in [0.25, 0.3) is 22.3 Å². The van der Waals surface area contributed by atoms with Crippen molar-refractivity contribution in [3.8, 4) is 28.6 Å². The third-order valence-electron chi connectivity index (χ3n) is 9.22. The standard InChI is InChI=1S/C43H46O23/c1-18-36(57-22(5)47)38(58-23(6)48)41(61-26(9)51)43(54-18)66-65-37-34(17-53-19(2)44)64-42(40(60-25(8)50)39(37)59-24(7)49)62-29-14-32(56-21(4)46)35-30(52)16-31(63-33(35)15-29)27-10-12-28(13-11-27)55-20(3)45/h10-16,18,34,36-43H,17H2,1-9H3/t18-,34+,36-,37+,38+,39-,40+,41+,42+,43-/m0/s1. The van der Waals surface area contributed by atoms with Crippen molar-refractivity contribution in [2.75, 3.05) is 6.61 Å². The number of ether oxygens (including phenoxy) is 11. The number of carbonyl (C=O) groups is 8. The van der Waals surface area contributed by atoms with E-state index in [9.17, 15) is 43.2 Å². The Hall–Kier alpha value is -6.95. The molecule has 2 aliphatic heterocycles. The summed E-state index contributed by atoms with van der Waals surface area (Å²) in [6, 6.07) is 9.48. The molecule has 23 heteroatoms. The minimum absolute atomic E-state index is 0.0317. The summed E-state index contributed by atoms with van der Waals surface area (Å²) in [4.78, 5) is 123. The van der Waals surface area contributed by atoms with E-state index in [1.54, 1.807) is 0 Å². The van der Waals surface area contributed by atoms with Gasteiger partial charge in [-0.3, -0.25) is 43.2 Å². The van der Waals surface area contributed by atoms with Crippen LogP contribution in [0.15, 0.2) is 51.7 Å². The van der Waals surface area contributed by atoms with Crippen LogP contribution < -0.4 is 19.6 Å². The van der Waals surface area contributed by atoms with Gasteiger partial charge in [0.2, 0.25) is 18.7 Å². The van der Waals surface area contributed by atoms with Gasteiger partial charge in [-0.15, -0.1) is 0 Å². The lowest BCUT2D eigenvalue weighted by molar-refractivity contribution is -0.461. The second-order valence-corrected chi connectivity index (χ2v) is 14.7. The minimum atomic E-state index is -1.80. The summed E-state index contributed by atoms with van der Waals surface area (Å²) < 4.78 is 67.4. The monoisotopic (exact) mass is 930 g/mol. The topological polar surface area (TPSA) is 287 Å². The first kappa shape index (κ1) is 50.1. The number of hydrogen-bond donors (Lipinski definition) is 0. The first-order chi connectivity index (χ1) is 31.1. The minimum Gasteiger partial charge on any atom is -0.463 e. The lowest BCUT2D eigenvalue weighted by atomic mass is 9.98. The Balaban J connectivity index is 1.56. The van der Waals surface area contributed by atoms with E-state index in [2.05, 4.69) is 0 Å². The molecule has 0 aliphatic carbocycles. The lowest BCUT2D eigenvalue weighted by Crippen LogP contribution is -2.64. The smallest absolute Gasteiger partial charge is 0.308 e. The molecule has 1 aromatic heterocycles. The molecule has 2 fully saturated rings. The molecule has 3 aromatic rings. The van der Waals surface area contributed by atoms with Crippen LogP contribution in [-0.2, 0) is 86.0 Å². The van der Waals surface area contributed by atoms with Crippen molar-refractivity contribution >= 4 is 58.7 Å². The molecule has 0 spiro atoms. The molecule has 0 saturated carbocycles. The first-order valence-corrected chi connectivity index (χ1v) is 20.0. The quantitative estimate of drug-likeness (QED) is 0.0696. The summed E-state index contributed by atoms with van der Waals surface area (Å²) in [6.07, 6.45) is -16.0. The summed E-state index contributed by atoms with van der Waals surface area (Å²) in [5.74, 6) is -7.00. The van der Waals surface area contributed by atoms with Crippen LogP contribution in [0.4, 0.5) is 0 Å². The summed E-state index contributed by atoms with van der Waals surface area (Å²) >= 11 is 0. The molecule has 3 heterocycles. The SMILES string of the molecule is CC(=O)OC[C@H]1O[C@@H](Oc2cc(OC(C)=O)c3c(=O)cc(-c4ccc(OC(C)=O)cc4)oc3c2)[C@H](OC(C)=O)[C@@H](OC(C)=O)[C@@H]1OO[C@@H]1O[C@@H](C)[C@H](OC(C)=O)[C@@H](OC(C)=O)[C@H]1OC(C)=O. The van der Waals surface area contributed by atoms with E-state index in [1.165, 1.54) is 44.2 Å². The average Bonchev–Trinajstić information content (AvgIpc) is 3.19. The maximum absolute atomic E-state index is 13.6. The van der Waals surface area contributed by atoms with Gasteiger partial charge in [0.15, 0.2) is 35.9 Å². The van der Waals surface area contributed by atoms with Gasteiger partial charge in [0.25, 0.3) is 0 Å². The highest BCUT2D eigenvalue weighted by Crippen LogP contribution is 2.37. The molecule has 10 atom stereocenters. The zero-order valence-electron chi connectivity index (χ0n) is 36.9. The summed E-state index contributed by atoms with van der Waals surface area (Å²) in [5.41, 5.74) is -0.445. The fraction of sp³-hybridized carbons (Fsp3) is 0.465. The van der Waals surface area contributed by atoms with Gasteiger partial charge >= 0.3 is 47.8 Å². The third kappa shape index (κ3) is 13.1. The van der Waals surface area contributed by atoms with Crippen molar-refractivity contribution in [3.05, 3.63) is 52.7 Å². The molecule has 2 saturated heterocycles. The average molecular weight is 931 g/mol. The van der Waals surface area contributed by atoms with E-state index >= 15 is 0 Å². The van der Waals surface area contributed by atoms with Crippen LogP contribution in [-0.4, -0.2) is 116 Å².